The highest BCUT2D eigenvalue weighted by Crippen LogP contribution is 2.26. The standard InChI is InChI=1S/C18H15N3O3/c1-24-11-7-6-10-8-13(18(23)20-15(10)9-11)16-19-14-5-3-2-4-12(14)17(22)21-16/h2-9,16,19H,1H3,(H,20,23)(H,21,22). The Kier molecular flexibility index (Phi) is 3.23. The summed E-state index contributed by atoms with van der Waals surface area (Å²) in [5, 5.41) is 6.88. The number of rotatable bonds is 2. The lowest BCUT2D eigenvalue weighted by Gasteiger charge is -2.27. The molecule has 6 heteroatoms. The molecule has 3 N–H and O–H groups in total. The number of amides is 1. The second kappa shape index (κ2) is 5.42. The van der Waals surface area contributed by atoms with E-state index in [0.717, 1.165) is 5.39 Å². The van der Waals surface area contributed by atoms with E-state index in [9.17, 15) is 9.59 Å². The molecule has 0 aliphatic carbocycles. The fourth-order valence-electron chi connectivity index (χ4n) is 2.90. The molecule has 0 fully saturated rings. The molecule has 0 radical (unpaired) electrons. The molecule has 1 aliphatic heterocycles. The van der Waals surface area contributed by atoms with Crippen LogP contribution >= 0.6 is 0 Å². The zero-order chi connectivity index (χ0) is 16.7. The van der Waals surface area contributed by atoms with E-state index in [2.05, 4.69) is 15.6 Å². The number of fused-ring (bicyclic) bond motifs is 2. The normalized spacial score (nSPS) is 16.2. The van der Waals surface area contributed by atoms with Crippen molar-refractivity contribution in [2.24, 2.45) is 0 Å². The van der Waals surface area contributed by atoms with Gasteiger partial charge in [-0.25, -0.2) is 0 Å². The minimum Gasteiger partial charge on any atom is -0.497 e. The third kappa shape index (κ3) is 2.28. The topological polar surface area (TPSA) is 83.2 Å². The number of ether oxygens (including phenoxy) is 1. The second-order valence-corrected chi connectivity index (χ2v) is 5.60. The summed E-state index contributed by atoms with van der Waals surface area (Å²) in [6.07, 6.45) is -0.581. The zero-order valence-electron chi connectivity index (χ0n) is 12.9. The summed E-state index contributed by atoms with van der Waals surface area (Å²) in [6.45, 7) is 0. The number of hydrogen-bond acceptors (Lipinski definition) is 4. The number of carbonyl (C=O) groups excluding carboxylic acids is 1. The first kappa shape index (κ1) is 14.3. The molecule has 1 amide bonds. The van der Waals surface area contributed by atoms with Gasteiger partial charge in [-0.2, -0.15) is 0 Å². The summed E-state index contributed by atoms with van der Waals surface area (Å²) in [5.41, 5.74) is 2.16. The van der Waals surface area contributed by atoms with Crippen molar-refractivity contribution in [1.82, 2.24) is 10.3 Å². The fraction of sp³-hybridized carbons (Fsp3) is 0.111. The second-order valence-electron chi connectivity index (χ2n) is 5.60. The maximum atomic E-state index is 12.5. The first-order valence-corrected chi connectivity index (χ1v) is 7.53. The van der Waals surface area contributed by atoms with Crippen molar-refractivity contribution in [2.75, 3.05) is 12.4 Å². The van der Waals surface area contributed by atoms with Crippen LogP contribution in [0.1, 0.15) is 22.1 Å². The van der Waals surface area contributed by atoms with Gasteiger partial charge in [0.05, 0.1) is 23.8 Å². The number of pyridine rings is 1. The summed E-state index contributed by atoms with van der Waals surface area (Å²) in [5.74, 6) is 0.465. The summed E-state index contributed by atoms with van der Waals surface area (Å²) < 4.78 is 5.17. The van der Waals surface area contributed by atoms with E-state index in [1.165, 1.54) is 0 Å². The van der Waals surface area contributed by atoms with Crippen molar-refractivity contribution in [3.8, 4) is 5.75 Å². The molecule has 2 aromatic carbocycles. The van der Waals surface area contributed by atoms with Gasteiger partial charge in [-0.3, -0.25) is 9.59 Å². The fourth-order valence-corrected chi connectivity index (χ4v) is 2.90. The van der Waals surface area contributed by atoms with Gasteiger partial charge in [0.2, 0.25) is 0 Å². The molecular weight excluding hydrogens is 306 g/mol. The molecule has 24 heavy (non-hydrogen) atoms. The Morgan fingerprint density at radius 3 is 2.67 bits per heavy atom. The molecule has 3 aromatic rings. The molecule has 0 saturated heterocycles. The van der Waals surface area contributed by atoms with Crippen LogP contribution in [0.5, 0.6) is 5.75 Å². The summed E-state index contributed by atoms with van der Waals surface area (Å²) >= 11 is 0. The predicted molar refractivity (Wildman–Crippen MR) is 91.4 cm³/mol. The van der Waals surface area contributed by atoms with Crippen LogP contribution < -0.4 is 20.9 Å². The molecule has 1 aliphatic rings. The van der Waals surface area contributed by atoms with Gasteiger partial charge in [-0.15, -0.1) is 0 Å². The number of aromatic amines is 1. The number of anilines is 1. The van der Waals surface area contributed by atoms with Crippen molar-refractivity contribution >= 4 is 22.5 Å². The molecule has 0 bridgehead atoms. The summed E-state index contributed by atoms with van der Waals surface area (Å²) in [4.78, 5) is 27.6. The van der Waals surface area contributed by atoms with E-state index >= 15 is 0 Å². The third-order valence-corrected chi connectivity index (χ3v) is 4.14. The molecule has 2 heterocycles. The van der Waals surface area contributed by atoms with Crippen molar-refractivity contribution < 1.29 is 9.53 Å². The molecule has 0 spiro atoms. The van der Waals surface area contributed by atoms with Crippen molar-refractivity contribution in [3.63, 3.8) is 0 Å². The van der Waals surface area contributed by atoms with E-state index in [1.54, 1.807) is 31.4 Å². The number of methoxy groups -OCH3 is 1. The lowest BCUT2D eigenvalue weighted by atomic mass is 10.1. The molecule has 6 nitrogen and oxygen atoms in total. The van der Waals surface area contributed by atoms with Crippen LogP contribution in [0, 0.1) is 0 Å². The Balaban J connectivity index is 1.79. The SMILES string of the molecule is COc1ccc2cc(C3NC(=O)c4ccccc4N3)c(=O)[nH]c2c1. The van der Waals surface area contributed by atoms with Crippen LogP contribution in [0.4, 0.5) is 5.69 Å². The first-order chi connectivity index (χ1) is 11.7. The highest BCUT2D eigenvalue weighted by Gasteiger charge is 2.26. The maximum absolute atomic E-state index is 12.5. The molecule has 1 unspecified atom stereocenters. The van der Waals surface area contributed by atoms with Crippen molar-refractivity contribution in [3.05, 3.63) is 70.0 Å². The van der Waals surface area contributed by atoms with Crippen LogP contribution in [-0.2, 0) is 0 Å². The van der Waals surface area contributed by atoms with E-state index in [1.807, 2.05) is 24.3 Å². The molecule has 1 atom stereocenters. The Hall–Kier alpha value is -3.28. The number of para-hydroxylation sites is 1. The average molecular weight is 321 g/mol. The first-order valence-electron chi connectivity index (χ1n) is 7.53. The van der Waals surface area contributed by atoms with Gasteiger partial charge in [-0.05, 0) is 35.7 Å². The molecular formula is C18H15N3O3. The summed E-state index contributed by atoms with van der Waals surface area (Å²) in [6, 6.07) is 14.4. The molecule has 0 saturated carbocycles. The van der Waals surface area contributed by atoms with Crippen LogP contribution in [0.15, 0.2) is 53.3 Å². The minimum atomic E-state index is -0.581. The highest BCUT2D eigenvalue weighted by molar-refractivity contribution is 6.01. The van der Waals surface area contributed by atoms with Gasteiger partial charge in [-0.1, -0.05) is 12.1 Å². The van der Waals surface area contributed by atoms with E-state index < -0.39 is 6.17 Å². The van der Waals surface area contributed by atoms with E-state index in [4.69, 9.17) is 4.74 Å². The Morgan fingerprint density at radius 1 is 1.00 bits per heavy atom. The minimum absolute atomic E-state index is 0.205. The third-order valence-electron chi connectivity index (χ3n) is 4.14. The largest absolute Gasteiger partial charge is 0.497 e. The lowest BCUT2D eigenvalue weighted by molar-refractivity contribution is 0.0935. The van der Waals surface area contributed by atoms with E-state index in [0.29, 0.717) is 28.1 Å². The Morgan fingerprint density at radius 2 is 1.83 bits per heavy atom. The van der Waals surface area contributed by atoms with Gasteiger partial charge < -0.3 is 20.4 Å². The van der Waals surface area contributed by atoms with Crippen molar-refractivity contribution in [1.29, 1.82) is 0 Å². The molecule has 1 aromatic heterocycles. The number of hydrogen-bond donors (Lipinski definition) is 3. The van der Waals surface area contributed by atoms with Gasteiger partial charge in [0, 0.05) is 11.8 Å². The van der Waals surface area contributed by atoms with Crippen molar-refractivity contribution in [2.45, 2.75) is 6.17 Å². The van der Waals surface area contributed by atoms with Crippen LogP contribution in [0.2, 0.25) is 0 Å². The highest BCUT2D eigenvalue weighted by atomic mass is 16.5. The average Bonchev–Trinajstić information content (AvgIpc) is 2.60. The Labute approximate surface area is 137 Å². The molecule has 120 valence electrons. The number of benzene rings is 2. The predicted octanol–water partition coefficient (Wildman–Crippen LogP) is 2.39. The molecule has 4 rings (SSSR count). The number of nitrogens with one attached hydrogen (secondary N) is 3. The number of H-pyrrole nitrogens is 1. The van der Waals surface area contributed by atoms with Gasteiger partial charge in [0.25, 0.3) is 11.5 Å². The lowest BCUT2D eigenvalue weighted by Crippen LogP contribution is -2.40. The van der Waals surface area contributed by atoms with Gasteiger partial charge >= 0.3 is 0 Å². The van der Waals surface area contributed by atoms with Gasteiger partial charge in [0.1, 0.15) is 11.9 Å². The van der Waals surface area contributed by atoms with Crippen LogP contribution in [0.25, 0.3) is 10.9 Å². The Bertz CT molecular complexity index is 1010. The van der Waals surface area contributed by atoms with Crippen LogP contribution in [-0.4, -0.2) is 18.0 Å². The van der Waals surface area contributed by atoms with Crippen LogP contribution in [0.3, 0.4) is 0 Å². The zero-order valence-corrected chi connectivity index (χ0v) is 12.9. The maximum Gasteiger partial charge on any atom is 0.255 e. The van der Waals surface area contributed by atoms with E-state index in [-0.39, 0.29) is 11.5 Å². The monoisotopic (exact) mass is 321 g/mol. The van der Waals surface area contributed by atoms with Gasteiger partial charge in [0.15, 0.2) is 0 Å². The number of aromatic nitrogens is 1. The summed E-state index contributed by atoms with van der Waals surface area (Å²) in [7, 11) is 1.58. The quantitative estimate of drug-likeness (QED) is 0.677. The number of carbonyl (C=O) groups is 1. The smallest absolute Gasteiger partial charge is 0.255 e.